The molecule has 0 saturated heterocycles. The lowest BCUT2D eigenvalue weighted by atomic mass is 9.95. The zero-order chi connectivity index (χ0) is 65.6. The van der Waals surface area contributed by atoms with Gasteiger partial charge in [0.15, 0.2) is 23.2 Å². The van der Waals surface area contributed by atoms with Crippen molar-refractivity contribution in [3.63, 3.8) is 0 Å². The Balaban J connectivity index is 0.909. The predicted molar refractivity (Wildman–Crippen MR) is 399 cm³/mol. The molecule has 3 heterocycles. The molecule has 17 aromatic rings. The van der Waals surface area contributed by atoms with E-state index in [0.29, 0.717) is 45.4 Å². The second-order valence-corrected chi connectivity index (χ2v) is 24.4. The van der Waals surface area contributed by atoms with Crippen LogP contribution in [0, 0.1) is 29.2 Å². The second kappa shape index (κ2) is 24.6. The Hall–Kier alpha value is -13.8. The Kier molecular flexibility index (Phi) is 14.5. The minimum atomic E-state index is 0.396. The second-order valence-electron chi connectivity index (χ2n) is 24.4. The van der Waals surface area contributed by atoms with Crippen LogP contribution < -0.4 is 0 Å². The molecule has 0 bridgehead atoms. The van der Waals surface area contributed by atoms with Gasteiger partial charge < -0.3 is 9.13 Å². The molecular formula is C90H54N8. The zero-order valence-corrected chi connectivity index (χ0v) is 52.8. The van der Waals surface area contributed by atoms with Crippen LogP contribution in [0.1, 0.15) is 11.1 Å². The van der Waals surface area contributed by atoms with E-state index in [-0.39, 0.29) is 0 Å². The maximum Gasteiger partial charge on any atom is 0.187 e. The number of nitrogens with zero attached hydrogens (tertiary/aromatic N) is 8. The third kappa shape index (κ3) is 10.5. The molecule has 0 unspecified atom stereocenters. The van der Waals surface area contributed by atoms with Gasteiger partial charge in [-0.2, -0.15) is 10.5 Å². The van der Waals surface area contributed by atoms with Gasteiger partial charge in [0.2, 0.25) is 0 Å². The van der Waals surface area contributed by atoms with Gasteiger partial charge >= 0.3 is 0 Å². The summed E-state index contributed by atoms with van der Waals surface area (Å²) in [6.45, 7) is 8.27. The zero-order valence-electron chi connectivity index (χ0n) is 52.8. The van der Waals surface area contributed by atoms with Gasteiger partial charge in [-0.15, -0.1) is 0 Å². The molecule has 0 amide bonds. The highest BCUT2D eigenvalue weighted by molar-refractivity contribution is 6.13. The molecule has 0 N–H and O–H groups in total. The minimum absolute atomic E-state index is 0.396. The molecule has 0 aliphatic heterocycles. The number of hydrogen-bond donors (Lipinski definition) is 0. The fourth-order valence-corrected chi connectivity index (χ4v) is 14.0. The van der Waals surface area contributed by atoms with Crippen molar-refractivity contribution in [3.05, 3.63) is 350 Å². The van der Waals surface area contributed by atoms with Crippen molar-refractivity contribution >= 4 is 49.3 Å². The monoisotopic (exact) mass is 1250 g/mol. The Morgan fingerprint density at radius 3 is 0.939 bits per heavy atom. The third-order valence-electron chi connectivity index (χ3n) is 18.7. The van der Waals surface area contributed by atoms with E-state index >= 15 is 0 Å². The van der Waals surface area contributed by atoms with E-state index in [0.717, 1.165) is 138 Å². The summed E-state index contributed by atoms with van der Waals surface area (Å²) in [6.07, 6.45) is 0. The highest BCUT2D eigenvalue weighted by Crippen LogP contribution is 2.45. The first-order valence-corrected chi connectivity index (χ1v) is 32.4. The molecule has 14 aromatic carbocycles. The lowest BCUT2D eigenvalue weighted by Gasteiger charge is -2.18. The number of fused-ring (bicyclic) bond motifs is 6. The first kappa shape index (κ1) is 58.0. The normalized spacial score (nSPS) is 11.2. The van der Waals surface area contributed by atoms with E-state index in [4.69, 9.17) is 21.5 Å². The SMILES string of the molecule is [C-]#[N+]c1cccc(-c2cc(-n3c4ccc(-c5ccccc5)cc4c4cc(-c5ccccc5)ccc43)ccc2-c2nc(-c3ccccc3-c3cccc(C#N)c3)nc(-c3ccc(-n4c5ccc(-c6ccccc6)cc5c5cc(-c6ccccc6)ccc54)cc3-c3cccc(C#N)c3)n2)c1. The highest BCUT2D eigenvalue weighted by atomic mass is 15.0. The van der Waals surface area contributed by atoms with E-state index in [2.05, 4.69) is 232 Å². The maximum absolute atomic E-state index is 10.5. The first-order chi connectivity index (χ1) is 48.4. The molecule has 17 rings (SSSR count). The summed E-state index contributed by atoms with van der Waals surface area (Å²) in [4.78, 5) is 20.6. The van der Waals surface area contributed by atoms with Crippen molar-refractivity contribution in [2.45, 2.75) is 0 Å². The van der Waals surface area contributed by atoms with E-state index in [1.807, 2.05) is 115 Å². The van der Waals surface area contributed by atoms with Gasteiger partial charge in [0.05, 0.1) is 51.9 Å². The van der Waals surface area contributed by atoms with Crippen molar-refractivity contribution in [1.82, 2.24) is 24.1 Å². The summed E-state index contributed by atoms with van der Waals surface area (Å²) < 4.78 is 4.67. The summed E-state index contributed by atoms with van der Waals surface area (Å²) in [5.41, 5.74) is 23.5. The van der Waals surface area contributed by atoms with Crippen LogP contribution >= 0.6 is 0 Å². The van der Waals surface area contributed by atoms with Crippen LogP contribution in [0.2, 0.25) is 0 Å². The van der Waals surface area contributed by atoms with Crippen LogP contribution in [-0.4, -0.2) is 24.1 Å². The molecular weight excluding hydrogens is 1190 g/mol. The van der Waals surface area contributed by atoms with Crippen molar-refractivity contribution in [3.8, 4) is 136 Å². The minimum Gasteiger partial charge on any atom is -0.309 e. The van der Waals surface area contributed by atoms with E-state index in [1.54, 1.807) is 6.07 Å². The van der Waals surface area contributed by atoms with E-state index in [1.165, 1.54) is 0 Å². The first-order valence-electron chi connectivity index (χ1n) is 32.4. The van der Waals surface area contributed by atoms with Crippen LogP contribution in [0.5, 0.6) is 0 Å². The molecule has 0 aliphatic rings. The number of aromatic nitrogens is 5. The van der Waals surface area contributed by atoms with Crippen LogP contribution in [0.25, 0.3) is 172 Å². The Morgan fingerprint density at radius 1 is 0.255 bits per heavy atom. The standard InChI is InChI=1S/C90H54N8/c1-93-71-32-18-31-70(49-71)79-55-73(98-86-45-37-66(62-25-10-4-11-26-62)52-82(86)83-53-67(38-46-87(83)98)63-27-12-5-13-28-63)40-42-77(79)90-95-88(75-34-15-14-33-74(75)68-29-16-19-58(47-68)56-91)94-89(96-90)76-41-39-72(54-78(76)69-30-17-20-59(48-69)57-92)97-84-43-35-64(60-21-6-2-7-22-60)50-80(84)81-51-65(36-44-85(81)97)61-23-8-3-9-24-61/h2-55H. The molecule has 0 atom stereocenters. The van der Waals surface area contributed by atoms with Crippen LogP contribution in [0.15, 0.2) is 328 Å². The van der Waals surface area contributed by atoms with Crippen molar-refractivity contribution in [2.24, 2.45) is 0 Å². The molecule has 454 valence electrons. The maximum atomic E-state index is 10.5. The number of benzene rings is 14. The average Bonchev–Trinajstić information content (AvgIpc) is 1.56. The molecule has 3 aromatic heterocycles. The Labute approximate surface area is 566 Å². The average molecular weight is 1250 g/mol. The molecule has 0 saturated carbocycles. The summed E-state index contributed by atoms with van der Waals surface area (Å²) in [5.74, 6) is 1.20. The van der Waals surface area contributed by atoms with Gasteiger partial charge in [-0.25, -0.2) is 19.8 Å². The van der Waals surface area contributed by atoms with Gasteiger partial charge in [-0.3, -0.25) is 0 Å². The fourth-order valence-electron chi connectivity index (χ4n) is 14.0. The smallest absolute Gasteiger partial charge is 0.187 e. The molecule has 0 fully saturated rings. The quantitative estimate of drug-likeness (QED) is 0.113. The summed E-state index contributed by atoms with van der Waals surface area (Å²) >= 11 is 0. The lowest BCUT2D eigenvalue weighted by molar-refractivity contribution is 1.07. The summed E-state index contributed by atoms with van der Waals surface area (Å²) in [7, 11) is 0. The van der Waals surface area contributed by atoms with Crippen LogP contribution in [0.4, 0.5) is 5.69 Å². The third-order valence-corrected chi connectivity index (χ3v) is 18.7. The van der Waals surface area contributed by atoms with E-state index in [9.17, 15) is 10.5 Å². The lowest BCUT2D eigenvalue weighted by Crippen LogP contribution is -2.04. The van der Waals surface area contributed by atoms with Gasteiger partial charge in [-0.05, 0) is 193 Å². The van der Waals surface area contributed by atoms with Crippen LogP contribution in [0.3, 0.4) is 0 Å². The molecule has 0 aliphatic carbocycles. The summed E-state index contributed by atoms with van der Waals surface area (Å²) in [5, 5.41) is 25.2. The topological polar surface area (TPSA) is 100 Å². The number of nitriles is 2. The highest BCUT2D eigenvalue weighted by Gasteiger charge is 2.25. The molecule has 8 nitrogen and oxygen atoms in total. The van der Waals surface area contributed by atoms with Crippen molar-refractivity contribution in [2.75, 3.05) is 0 Å². The molecule has 0 radical (unpaired) electrons. The summed E-state index contributed by atoms with van der Waals surface area (Å²) in [6, 6.07) is 118. The Morgan fingerprint density at radius 2 is 0.571 bits per heavy atom. The van der Waals surface area contributed by atoms with Crippen molar-refractivity contribution < 1.29 is 0 Å². The predicted octanol–water partition coefficient (Wildman–Crippen LogP) is 23.0. The molecule has 8 heteroatoms. The Bertz CT molecular complexity index is 5630. The van der Waals surface area contributed by atoms with Gasteiger partial charge in [-0.1, -0.05) is 212 Å². The van der Waals surface area contributed by atoms with Crippen molar-refractivity contribution in [1.29, 1.82) is 10.5 Å². The van der Waals surface area contributed by atoms with Gasteiger partial charge in [0.25, 0.3) is 0 Å². The molecule has 0 spiro atoms. The largest absolute Gasteiger partial charge is 0.309 e. The number of rotatable bonds is 12. The molecule has 98 heavy (non-hydrogen) atoms. The van der Waals surface area contributed by atoms with Gasteiger partial charge in [0, 0.05) is 49.6 Å². The fraction of sp³-hybridized carbons (Fsp3) is 0. The van der Waals surface area contributed by atoms with E-state index < -0.39 is 0 Å². The number of hydrogen-bond acceptors (Lipinski definition) is 5. The van der Waals surface area contributed by atoms with Gasteiger partial charge in [0.1, 0.15) is 0 Å². The van der Waals surface area contributed by atoms with Crippen LogP contribution in [-0.2, 0) is 0 Å².